The topological polar surface area (TPSA) is 14.1 Å². The zero-order chi connectivity index (χ0) is 18.1. The van der Waals surface area contributed by atoms with Crippen molar-refractivity contribution in [3.63, 3.8) is 0 Å². The molecule has 0 N–H and O–H groups in total. The van der Waals surface area contributed by atoms with Crippen LogP contribution in [0.25, 0.3) is 10.9 Å². The Kier molecular flexibility index (Phi) is 10.9. The molecule has 0 heterocycles. The summed E-state index contributed by atoms with van der Waals surface area (Å²) < 4.78 is 0. The van der Waals surface area contributed by atoms with Crippen molar-refractivity contribution in [1.29, 1.82) is 0 Å². The Hall–Kier alpha value is -0.986. The van der Waals surface area contributed by atoms with Gasteiger partial charge >= 0.3 is 0 Å². The first kappa shape index (κ1) is 27.0. The van der Waals surface area contributed by atoms with Gasteiger partial charge in [-0.05, 0) is 70.2 Å². The molecule has 28 heavy (non-hydrogen) atoms. The Morgan fingerprint density at radius 3 is 1.93 bits per heavy atom. The minimum absolute atomic E-state index is 0. The molecule has 0 atom stereocenters. The summed E-state index contributed by atoms with van der Waals surface area (Å²) in [6.07, 6.45) is 1.07. The standard InChI is InChI=1S/C24H28N.2ClH.Ti/c1-15-11-17(3)24(18(4)12-15)25-14-21-9-7-8-10-22(21)23-13-16(2)19(5)20(23)6;;;/h7-12H,13-14H2,1-6H3;2*1H;/q-1;;;. The van der Waals surface area contributed by atoms with Crippen LogP contribution < -0.4 is 0 Å². The van der Waals surface area contributed by atoms with E-state index in [1.54, 1.807) is 0 Å². The summed E-state index contributed by atoms with van der Waals surface area (Å²) in [5, 5.41) is 4.98. The first-order chi connectivity index (χ1) is 11.9. The predicted octanol–water partition coefficient (Wildman–Crippen LogP) is 8.17. The number of nitrogens with zero attached hydrogens (tertiary/aromatic N) is 1. The molecule has 0 saturated carbocycles. The fourth-order valence-corrected chi connectivity index (χ4v) is 3.91. The van der Waals surface area contributed by atoms with Crippen LogP contribution >= 0.6 is 24.8 Å². The molecule has 0 bridgehead atoms. The number of hydrogen-bond acceptors (Lipinski definition) is 0. The third kappa shape index (κ3) is 5.54. The molecule has 2 aromatic carbocycles. The van der Waals surface area contributed by atoms with Gasteiger partial charge in [-0.1, -0.05) is 64.2 Å². The Morgan fingerprint density at radius 1 is 0.821 bits per heavy atom. The first-order valence-corrected chi connectivity index (χ1v) is 9.08. The summed E-state index contributed by atoms with van der Waals surface area (Å²) in [6.45, 7) is 13.9. The van der Waals surface area contributed by atoms with Gasteiger partial charge in [0.15, 0.2) is 0 Å². The van der Waals surface area contributed by atoms with E-state index < -0.39 is 0 Å². The molecule has 0 radical (unpaired) electrons. The third-order valence-electron chi connectivity index (χ3n) is 5.48. The maximum atomic E-state index is 4.98. The van der Waals surface area contributed by atoms with E-state index in [4.69, 9.17) is 5.32 Å². The molecule has 1 nitrogen and oxygen atoms in total. The number of rotatable bonds is 4. The van der Waals surface area contributed by atoms with E-state index in [1.807, 2.05) is 0 Å². The van der Waals surface area contributed by atoms with Crippen LogP contribution in [0, 0.1) is 20.8 Å². The van der Waals surface area contributed by atoms with Crippen LogP contribution in [0.1, 0.15) is 55.0 Å². The van der Waals surface area contributed by atoms with Crippen molar-refractivity contribution in [2.75, 3.05) is 0 Å². The van der Waals surface area contributed by atoms with Crippen LogP contribution in [0.2, 0.25) is 0 Å². The van der Waals surface area contributed by atoms with Gasteiger partial charge < -0.3 is 5.32 Å². The second kappa shape index (κ2) is 11.3. The summed E-state index contributed by atoms with van der Waals surface area (Å²) in [7, 11) is 0. The van der Waals surface area contributed by atoms with Crippen LogP contribution in [0.3, 0.4) is 0 Å². The second-order valence-electron chi connectivity index (χ2n) is 7.41. The fraction of sp³-hybridized carbons (Fsp3) is 0.333. The van der Waals surface area contributed by atoms with Gasteiger partial charge in [0.2, 0.25) is 0 Å². The van der Waals surface area contributed by atoms with Gasteiger partial charge in [-0.25, -0.2) is 0 Å². The molecule has 0 unspecified atom stereocenters. The van der Waals surface area contributed by atoms with E-state index in [2.05, 4.69) is 77.9 Å². The van der Waals surface area contributed by atoms with Gasteiger partial charge in [-0.3, -0.25) is 0 Å². The number of aryl methyl sites for hydroxylation is 3. The molecule has 1 aliphatic carbocycles. The van der Waals surface area contributed by atoms with Crippen molar-refractivity contribution in [2.24, 2.45) is 0 Å². The van der Waals surface area contributed by atoms with Crippen molar-refractivity contribution in [3.05, 3.63) is 86.3 Å². The number of benzene rings is 2. The quantitative estimate of drug-likeness (QED) is 0.417. The van der Waals surface area contributed by atoms with Crippen LogP contribution in [0.15, 0.2) is 53.1 Å². The van der Waals surface area contributed by atoms with Gasteiger partial charge in [0.25, 0.3) is 0 Å². The van der Waals surface area contributed by atoms with Crippen LogP contribution in [0.4, 0.5) is 5.69 Å². The molecule has 0 amide bonds. The van der Waals surface area contributed by atoms with E-state index in [0.717, 1.165) is 18.7 Å². The number of hydrogen-bond donors (Lipinski definition) is 0. The Balaban J connectivity index is 0.00000243. The number of allylic oxidation sites excluding steroid dienone is 4. The van der Waals surface area contributed by atoms with E-state index in [1.165, 1.54) is 50.1 Å². The van der Waals surface area contributed by atoms with Crippen LogP contribution in [-0.2, 0) is 28.3 Å². The summed E-state index contributed by atoms with van der Waals surface area (Å²) in [6, 6.07) is 13.2. The molecule has 2 aromatic rings. The van der Waals surface area contributed by atoms with Crippen molar-refractivity contribution >= 4 is 36.1 Å². The molecule has 0 aromatic heterocycles. The molecular weight excluding hydrogens is 421 g/mol. The molecule has 0 aliphatic heterocycles. The fourth-order valence-electron chi connectivity index (χ4n) is 3.91. The zero-order valence-corrected chi connectivity index (χ0v) is 20.8. The van der Waals surface area contributed by atoms with E-state index in [9.17, 15) is 0 Å². The van der Waals surface area contributed by atoms with Gasteiger partial charge in [-0.2, -0.15) is 0 Å². The summed E-state index contributed by atoms with van der Waals surface area (Å²) >= 11 is 0. The Morgan fingerprint density at radius 2 is 1.39 bits per heavy atom. The molecule has 150 valence electrons. The van der Waals surface area contributed by atoms with Gasteiger partial charge in [0.05, 0.1) is 0 Å². The molecule has 4 heteroatoms. The molecule has 1 aliphatic rings. The van der Waals surface area contributed by atoms with Crippen molar-refractivity contribution < 1.29 is 21.7 Å². The summed E-state index contributed by atoms with van der Waals surface area (Å²) in [5.41, 5.74) is 13.5. The van der Waals surface area contributed by atoms with Gasteiger partial charge in [0, 0.05) is 21.7 Å². The van der Waals surface area contributed by atoms with E-state index in [-0.39, 0.29) is 46.5 Å². The summed E-state index contributed by atoms with van der Waals surface area (Å²) in [5.74, 6) is 0. The minimum atomic E-state index is 0. The molecule has 0 saturated heterocycles. The molecular formula is C24H30Cl2NTi-. The smallest absolute Gasteiger partial charge is 0 e. The van der Waals surface area contributed by atoms with E-state index in [0.29, 0.717) is 0 Å². The van der Waals surface area contributed by atoms with Gasteiger partial charge in [-0.15, -0.1) is 37.0 Å². The van der Waals surface area contributed by atoms with E-state index >= 15 is 0 Å². The zero-order valence-electron chi connectivity index (χ0n) is 17.6. The average molecular weight is 451 g/mol. The Labute approximate surface area is 197 Å². The van der Waals surface area contributed by atoms with Crippen LogP contribution in [-0.4, -0.2) is 0 Å². The van der Waals surface area contributed by atoms with Crippen molar-refractivity contribution in [2.45, 2.75) is 54.5 Å². The summed E-state index contributed by atoms with van der Waals surface area (Å²) in [4.78, 5) is 0. The maximum absolute atomic E-state index is 4.98. The molecule has 3 rings (SSSR count). The monoisotopic (exact) mass is 450 g/mol. The maximum Gasteiger partial charge on any atom is 0 e. The van der Waals surface area contributed by atoms with Crippen molar-refractivity contribution in [1.82, 2.24) is 0 Å². The largest absolute Gasteiger partial charge is 0.680 e. The second-order valence-corrected chi connectivity index (χ2v) is 7.41. The molecule has 0 spiro atoms. The first-order valence-electron chi connectivity index (χ1n) is 9.08. The number of halogens is 2. The Bertz CT molecular complexity index is 874. The SMILES string of the molecule is CC1=C(C)C(C)=C(c2ccccc2C[N-]c2c(C)cc(C)cc2C)C1.Cl.Cl.[Ti]. The normalized spacial score (nSPS) is 12.9. The van der Waals surface area contributed by atoms with Crippen LogP contribution in [0.5, 0.6) is 0 Å². The third-order valence-corrected chi connectivity index (χ3v) is 5.48. The van der Waals surface area contributed by atoms with Crippen molar-refractivity contribution in [3.8, 4) is 0 Å². The van der Waals surface area contributed by atoms with Gasteiger partial charge in [0.1, 0.15) is 0 Å². The predicted molar refractivity (Wildman–Crippen MR) is 124 cm³/mol. The molecule has 0 fully saturated rings. The average Bonchev–Trinajstić information content (AvgIpc) is 2.82. The minimum Gasteiger partial charge on any atom is -0.680 e.